The molecule has 1 aromatic heterocycles. The van der Waals surface area contributed by atoms with Crippen LogP contribution in [0.3, 0.4) is 0 Å². The predicted molar refractivity (Wildman–Crippen MR) is 76.3 cm³/mol. The summed E-state index contributed by atoms with van der Waals surface area (Å²) < 4.78 is 5.32. The van der Waals surface area contributed by atoms with E-state index in [1.165, 1.54) is 13.7 Å². The molecular weight excluding hydrogens is 257 g/mol. The molecule has 0 aromatic carbocycles. The largest absolute Gasteiger partial charge is 0.445 e. The number of likely N-dealkylation sites (N-methyl/N-ethyl adjacent to an activating group) is 1. The first-order valence-electron chi connectivity index (χ1n) is 6.34. The molecule has 105 valence electrons. The van der Waals surface area contributed by atoms with Crippen LogP contribution in [-0.2, 0) is 9.63 Å². The van der Waals surface area contributed by atoms with Gasteiger partial charge in [0.25, 0.3) is 7.41 Å². The Hall–Kier alpha value is -1.70. The van der Waals surface area contributed by atoms with Gasteiger partial charge < -0.3 is 14.0 Å². The first kappa shape index (κ1) is 14.7. The number of aromatic nitrogens is 1. The Morgan fingerprint density at radius 1 is 1.75 bits per heavy atom. The topological polar surface area (TPSA) is 58.8 Å². The number of carbonyl (C=O) groups excluding carboxylic acids is 1. The maximum absolute atomic E-state index is 10.7. The first-order chi connectivity index (χ1) is 9.74. The van der Waals surface area contributed by atoms with Crippen LogP contribution < -0.4 is 0 Å². The molecule has 0 aliphatic carbocycles. The molecule has 1 unspecified atom stereocenters. The number of carbonyl (C=O) groups is 1. The second-order valence-electron chi connectivity index (χ2n) is 4.44. The molecule has 7 heteroatoms. The van der Waals surface area contributed by atoms with Gasteiger partial charge in [-0.05, 0) is 0 Å². The lowest BCUT2D eigenvalue weighted by atomic mass is 9.89. The van der Waals surface area contributed by atoms with Crippen molar-refractivity contribution in [3.05, 3.63) is 37.1 Å². The SMILES string of the molecule is C=CCON(C)C1C=C(c2ncco2)CN([B]C=O)C1. The van der Waals surface area contributed by atoms with E-state index in [1.807, 2.05) is 17.9 Å². The highest BCUT2D eigenvalue weighted by atomic mass is 16.7. The molecule has 0 N–H and O–H groups in total. The Labute approximate surface area is 118 Å². The minimum Gasteiger partial charge on any atom is -0.445 e. The lowest BCUT2D eigenvalue weighted by Crippen LogP contribution is -2.46. The van der Waals surface area contributed by atoms with Crippen LogP contribution >= 0.6 is 0 Å². The Kier molecular flexibility index (Phi) is 5.28. The van der Waals surface area contributed by atoms with Crippen LogP contribution in [0.25, 0.3) is 5.57 Å². The van der Waals surface area contributed by atoms with Crippen LogP contribution in [0.2, 0.25) is 0 Å². The number of rotatable bonds is 7. The van der Waals surface area contributed by atoms with Gasteiger partial charge in [0.05, 0.1) is 25.0 Å². The van der Waals surface area contributed by atoms with Crippen LogP contribution in [-0.4, -0.2) is 61.2 Å². The van der Waals surface area contributed by atoms with Crippen LogP contribution in [0, 0.1) is 0 Å². The van der Waals surface area contributed by atoms with Crippen LogP contribution in [0.15, 0.2) is 35.6 Å². The van der Waals surface area contributed by atoms with Crippen molar-refractivity contribution in [1.29, 1.82) is 0 Å². The standard InChI is InChI=1S/C13H17BN3O3/c1-3-5-20-16(2)12-7-11(13-15-4-6-19-13)8-17(9-12)14-10-18/h3-4,6-7,10,12H,1,5,8-9H2,2H3. The molecule has 1 radical (unpaired) electrons. The van der Waals surface area contributed by atoms with Gasteiger partial charge in [-0.15, -0.1) is 6.58 Å². The molecule has 0 saturated carbocycles. The highest BCUT2D eigenvalue weighted by Crippen LogP contribution is 2.21. The summed E-state index contributed by atoms with van der Waals surface area (Å²) in [5.41, 5.74) is 0.929. The number of hydrogen-bond donors (Lipinski definition) is 0. The third-order valence-corrected chi connectivity index (χ3v) is 3.03. The van der Waals surface area contributed by atoms with Crippen molar-refractivity contribution in [3.8, 4) is 0 Å². The molecule has 0 amide bonds. The second kappa shape index (κ2) is 7.18. The Morgan fingerprint density at radius 2 is 2.60 bits per heavy atom. The molecule has 0 fully saturated rings. The fourth-order valence-corrected chi connectivity index (χ4v) is 2.07. The maximum atomic E-state index is 10.7. The molecule has 6 nitrogen and oxygen atoms in total. The fraction of sp³-hybridized carbons (Fsp3) is 0.385. The molecule has 1 aliphatic rings. The Balaban J connectivity index is 2.14. The molecule has 2 heterocycles. The van der Waals surface area contributed by atoms with Crippen molar-refractivity contribution in [2.75, 3.05) is 26.7 Å². The van der Waals surface area contributed by atoms with E-state index in [0.29, 0.717) is 25.6 Å². The van der Waals surface area contributed by atoms with E-state index in [1.54, 1.807) is 17.3 Å². The van der Waals surface area contributed by atoms with E-state index < -0.39 is 0 Å². The molecular formula is C13H17BN3O3. The summed E-state index contributed by atoms with van der Waals surface area (Å²) in [7, 11) is 3.37. The van der Waals surface area contributed by atoms with Crippen molar-refractivity contribution in [1.82, 2.24) is 14.9 Å². The van der Waals surface area contributed by atoms with Gasteiger partial charge in [0.1, 0.15) is 6.26 Å². The number of hydrogen-bond acceptors (Lipinski definition) is 6. The highest BCUT2D eigenvalue weighted by molar-refractivity contribution is 6.64. The summed E-state index contributed by atoms with van der Waals surface area (Å²) in [4.78, 5) is 22.3. The second-order valence-corrected chi connectivity index (χ2v) is 4.44. The average molecular weight is 274 g/mol. The van der Waals surface area contributed by atoms with E-state index in [0.717, 1.165) is 11.8 Å². The smallest absolute Gasteiger partial charge is 0.293 e. The first-order valence-corrected chi connectivity index (χ1v) is 6.34. The third kappa shape index (κ3) is 3.66. The quantitative estimate of drug-likeness (QED) is 0.314. The molecule has 0 saturated heterocycles. The molecule has 0 spiro atoms. The normalized spacial score (nSPS) is 19.7. The number of hydroxylamine groups is 2. The van der Waals surface area contributed by atoms with Gasteiger partial charge in [-0.1, -0.05) is 12.2 Å². The summed E-state index contributed by atoms with van der Waals surface area (Å²) in [5, 5.41) is 1.75. The Bertz CT molecular complexity index is 475. The van der Waals surface area contributed by atoms with Crippen molar-refractivity contribution < 1.29 is 14.0 Å². The third-order valence-electron chi connectivity index (χ3n) is 3.03. The molecule has 0 bridgehead atoms. The molecule has 1 atom stereocenters. The minimum atomic E-state index is 0.00167. The fourth-order valence-electron chi connectivity index (χ4n) is 2.07. The van der Waals surface area contributed by atoms with Gasteiger partial charge in [-0.25, -0.2) is 4.98 Å². The summed E-state index contributed by atoms with van der Waals surface area (Å²) in [5.74, 6) is 0.566. The van der Waals surface area contributed by atoms with Gasteiger partial charge in [0.2, 0.25) is 5.89 Å². The van der Waals surface area contributed by atoms with Crippen molar-refractivity contribution >= 4 is 19.2 Å². The zero-order valence-corrected chi connectivity index (χ0v) is 11.4. The van der Waals surface area contributed by atoms with Crippen molar-refractivity contribution in [2.45, 2.75) is 6.04 Å². The van der Waals surface area contributed by atoms with E-state index in [-0.39, 0.29) is 6.04 Å². The van der Waals surface area contributed by atoms with Gasteiger partial charge >= 0.3 is 0 Å². The average Bonchev–Trinajstić information content (AvgIpc) is 2.99. The molecule has 1 aliphatic heterocycles. The highest BCUT2D eigenvalue weighted by Gasteiger charge is 2.26. The van der Waals surface area contributed by atoms with Crippen molar-refractivity contribution in [2.24, 2.45) is 0 Å². The summed E-state index contributed by atoms with van der Waals surface area (Å²) in [6.07, 6.45) is 7.65. The van der Waals surface area contributed by atoms with E-state index in [4.69, 9.17) is 9.25 Å². The van der Waals surface area contributed by atoms with Gasteiger partial charge in [0, 0.05) is 25.7 Å². The molecule has 2 rings (SSSR count). The number of nitrogens with zero attached hydrogens (tertiary/aromatic N) is 3. The van der Waals surface area contributed by atoms with Crippen LogP contribution in [0.1, 0.15) is 5.89 Å². The molecule has 20 heavy (non-hydrogen) atoms. The monoisotopic (exact) mass is 274 g/mol. The van der Waals surface area contributed by atoms with Crippen molar-refractivity contribution in [3.63, 3.8) is 0 Å². The zero-order chi connectivity index (χ0) is 14.4. The van der Waals surface area contributed by atoms with E-state index in [2.05, 4.69) is 11.6 Å². The van der Waals surface area contributed by atoms with Crippen LogP contribution in [0.5, 0.6) is 0 Å². The van der Waals surface area contributed by atoms with Gasteiger partial charge in [-0.2, -0.15) is 5.06 Å². The van der Waals surface area contributed by atoms with Gasteiger partial charge in [0.15, 0.2) is 0 Å². The zero-order valence-electron chi connectivity index (χ0n) is 11.4. The lowest BCUT2D eigenvalue weighted by Gasteiger charge is -2.34. The number of oxazole rings is 1. The lowest BCUT2D eigenvalue weighted by molar-refractivity contribution is -0.148. The summed E-state index contributed by atoms with van der Waals surface area (Å²) in [6, 6.07) is 0.00167. The predicted octanol–water partition coefficient (Wildman–Crippen LogP) is 0.601. The summed E-state index contributed by atoms with van der Waals surface area (Å²) >= 11 is 0. The Morgan fingerprint density at radius 3 is 3.25 bits per heavy atom. The maximum Gasteiger partial charge on any atom is 0.293 e. The molecule has 1 aromatic rings. The van der Waals surface area contributed by atoms with E-state index in [9.17, 15) is 4.79 Å². The minimum absolute atomic E-state index is 0.00167. The van der Waals surface area contributed by atoms with Gasteiger partial charge in [-0.3, -0.25) is 4.84 Å². The van der Waals surface area contributed by atoms with E-state index >= 15 is 0 Å². The van der Waals surface area contributed by atoms with Crippen LogP contribution in [0.4, 0.5) is 0 Å². The summed E-state index contributed by atoms with van der Waals surface area (Å²) in [6.45, 7) is 5.31.